The Morgan fingerprint density at radius 1 is 1.08 bits per heavy atom. The molecule has 2 aromatic rings. The molecule has 0 fully saturated rings. The zero-order valence-corrected chi connectivity index (χ0v) is 15.4. The van der Waals surface area contributed by atoms with Gasteiger partial charge in [-0.1, -0.05) is 26.0 Å². The molecule has 0 heterocycles. The highest BCUT2D eigenvalue weighted by Gasteiger charge is 2.32. The van der Waals surface area contributed by atoms with Gasteiger partial charge in [-0.3, -0.25) is 14.9 Å². The first-order valence-electron chi connectivity index (χ1n) is 7.93. The second-order valence-corrected chi connectivity index (χ2v) is 8.36. The Morgan fingerprint density at radius 2 is 1.69 bits per heavy atom. The summed E-state index contributed by atoms with van der Waals surface area (Å²) in [6, 6.07) is 11.3. The van der Waals surface area contributed by atoms with Crippen LogP contribution in [0.4, 0.5) is 5.69 Å². The second-order valence-electron chi connectivity index (χ2n) is 6.09. The summed E-state index contributed by atoms with van der Waals surface area (Å²) in [5.41, 5.74) is 0.728. The van der Waals surface area contributed by atoms with Crippen molar-refractivity contribution in [1.82, 2.24) is 0 Å². The summed E-state index contributed by atoms with van der Waals surface area (Å²) in [5, 5.41) is 9.21. The number of hydrogen-bond donors (Lipinski definition) is 0. The molecule has 0 spiro atoms. The number of nitro groups is 1. The quantitative estimate of drug-likeness (QED) is 0.330. The number of nitro benzene ring substituents is 1. The van der Waals surface area contributed by atoms with Gasteiger partial charge >= 0.3 is 5.97 Å². The first-order chi connectivity index (χ1) is 12.1. The van der Waals surface area contributed by atoms with Crippen molar-refractivity contribution in [2.24, 2.45) is 0 Å². The molecular formula is C18H19NO6S. The average Bonchev–Trinajstić information content (AvgIpc) is 2.61. The Hall–Kier alpha value is -2.74. The minimum Gasteiger partial charge on any atom is -0.426 e. The Morgan fingerprint density at radius 3 is 2.23 bits per heavy atom. The van der Waals surface area contributed by atoms with Crippen molar-refractivity contribution in [3.8, 4) is 5.75 Å². The monoisotopic (exact) mass is 377 g/mol. The molecule has 0 aliphatic carbocycles. The van der Waals surface area contributed by atoms with Crippen molar-refractivity contribution in [1.29, 1.82) is 0 Å². The fourth-order valence-electron chi connectivity index (χ4n) is 2.22. The highest BCUT2D eigenvalue weighted by atomic mass is 32.2. The number of hydrogen-bond acceptors (Lipinski definition) is 6. The number of rotatable bonds is 6. The van der Waals surface area contributed by atoms with Crippen LogP contribution in [-0.4, -0.2) is 24.6 Å². The fourth-order valence-corrected chi connectivity index (χ4v) is 3.45. The van der Waals surface area contributed by atoms with Crippen molar-refractivity contribution >= 4 is 21.5 Å². The maximum atomic E-state index is 12.5. The third-order valence-corrected chi connectivity index (χ3v) is 5.97. The maximum Gasteiger partial charge on any atom is 0.329 e. The molecular weight excluding hydrogens is 358 g/mol. The van der Waals surface area contributed by atoms with E-state index in [4.69, 9.17) is 4.74 Å². The van der Waals surface area contributed by atoms with Crippen LogP contribution in [-0.2, 0) is 14.6 Å². The summed E-state index contributed by atoms with van der Waals surface area (Å²) in [7, 11) is -4.02. The van der Waals surface area contributed by atoms with Gasteiger partial charge in [-0.25, -0.2) is 8.42 Å². The Balaban J connectivity index is 2.20. The Labute approximate surface area is 151 Å². The number of non-ortho nitro benzene ring substituents is 1. The molecule has 26 heavy (non-hydrogen) atoms. The molecule has 0 saturated carbocycles. The number of carbonyl (C=O) groups is 1. The highest BCUT2D eigenvalue weighted by Crippen LogP contribution is 2.23. The number of nitrogens with zero attached hydrogens (tertiary/aromatic N) is 1. The van der Waals surface area contributed by atoms with E-state index in [9.17, 15) is 23.3 Å². The summed E-state index contributed by atoms with van der Waals surface area (Å²) in [6.07, 6.45) is 0. The molecule has 2 aromatic carbocycles. The lowest BCUT2D eigenvalue weighted by atomic mass is 10.0. The summed E-state index contributed by atoms with van der Waals surface area (Å²) in [4.78, 5) is 22.1. The molecule has 1 atom stereocenters. The number of esters is 1. The van der Waals surface area contributed by atoms with Crippen LogP contribution in [0, 0.1) is 10.1 Å². The summed E-state index contributed by atoms with van der Waals surface area (Å²) in [5.74, 6) is -0.411. The SMILES string of the molecule is CC(C)c1cccc(OC(=O)[C@@H](C)S(=O)(=O)c2ccc([N+](=O)[O-])cc2)c1. The predicted molar refractivity (Wildman–Crippen MR) is 95.9 cm³/mol. The van der Waals surface area contributed by atoms with Gasteiger partial charge in [0.15, 0.2) is 15.1 Å². The standard InChI is InChI=1S/C18H19NO6S/c1-12(2)14-5-4-6-16(11-14)25-18(20)13(3)26(23,24)17-9-7-15(8-10-17)19(21)22/h4-13H,1-3H3/t13-/m1/s1. The van der Waals surface area contributed by atoms with E-state index in [1.54, 1.807) is 18.2 Å². The number of carbonyl (C=O) groups excluding carboxylic acids is 1. The zero-order valence-electron chi connectivity index (χ0n) is 14.6. The second kappa shape index (κ2) is 7.65. The van der Waals surface area contributed by atoms with Crippen LogP contribution in [0.2, 0.25) is 0 Å². The lowest BCUT2D eigenvalue weighted by Crippen LogP contribution is -2.31. The van der Waals surface area contributed by atoms with Gasteiger partial charge in [0.25, 0.3) is 5.69 Å². The molecule has 138 valence electrons. The van der Waals surface area contributed by atoms with Crippen LogP contribution in [0.5, 0.6) is 5.75 Å². The Kier molecular flexibility index (Phi) is 5.76. The number of benzene rings is 2. The first kappa shape index (κ1) is 19.6. The molecule has 0 bridgehead atoms. The third kappa shape index (κ3) is 4.26. The number of ether oxygens (including phenoxy) is 1. The molecule has 8 heteroatoms. The zero-order chi connectivity index (χ0) is 19.5. The van der Waals surface area contributed by atoms with Gasteiger partial charge in [0, 0.05) is 12.1 Å². The maximum absolute atomic E-state index is 12.5. The molecule has 0 saturated heterocycles. The van der Waals surface area contributed by atoms with Gasteiger partial charge in [-0.05, 0) is 42.7 Å². The normalized spacial score (nSPS) is 12.6. The molecule has 0 amide bonds. The van der Waals surface area contributed by atoms with Crippen LogP contribution < -0.4 is 4.74 Å². The predicted octanol–water partition coefficient (Wildman–Crippen LogP) is 3.49. The van der Waals surface area contributed by atoms with Gasteiger partial charge in [-0.15, -0.1) is 0 Å². The van der Waals surface area contributed by atoms with Crippen LogP contribution in [0.3, 0.4) is 0 Å². The first-order valence-corrected chi connectivity index (χ1v) is 9.47. The molecule has 7 nitrogen and oxygen atoms in total. The molecule has 0 radical (unpaired) electrons. The summed E-state index contributed by atoms with van der Waals surface area (Å²) >= 11 is 0. The van der Waals surface area contributed by atoms with Crippen molar-refractivity contribution in [3.05, 3.63) is 64.2 Å². The lowest BCUT2D eigenvalue weighted by molar-refractivity contribution is -0.384. The summed E-state index contributed by atoms with van der Waals surface area (Å²) < 4.78 is 30.3. The van der Waals surface area contributed by atoms with Crippen LogP contribution in [0.15, 0.2) is 53.4 Å². The lowest BCUT2D eigenvalue weighted by Gasteiger charge is -2.13. The average molecular weight is 377 g/mol. The van der Waals surface area contributed by atoms with Crippen LogP contribution in [0.1, 0.15) is 32.3 Å². The van der Waals surface area contributed by atoms with Crippen LogP contribution in [0.25, 0.3) is 0 Å². The van der Waals surface area contributed by atoms with E-state index in [1.807, 2.05) is 19.9 Å². The van der Waals surface area contributed by atoms with Crippen molar-refractivity contribution < 1.29 is 22.9 Å². The molecule has 0 aromatic heterocycles. The third-order valence-electron chi connectivity index (χ3n) is 3.92. The highest BCUT2D eigenvalue weighted by molar-refractivity contribution is 7.92. The molecule has 0 aliphatic rings. The van der Waals surface area contributed by atoms with Gasteiger partial charge in [-0.2, -0.15) is 0 Å². The molecule has 2 rings (SSSR count). The minimum atomic E-state index is -4.02. The van der Waals surface area contributed by atoms with Gasteiger partial charge in [0.2, 0.25) is 0 Å². The van der Waals surface area contributed by atoms with E-state index in [-0.39, 0.29) is 22.3 Å². The van der Waals surface area contributed by atoms with Gasteiger partial charge in [0.1, 0.15) is 5.75 Å². The van der Waals surface area contributed by atoms with E-state index in [2.05, 4.69) is 0 Å². The number of sulfone groups is 1. The molecule has 0 aliphatic heterocycles. The fraction of sp³-hybridized carbons (Fsp3) is 0.278. The van der Waals surface area contributed by atoms with E-state index < -0.39 is 26.0 Å². The van der Waals surface area contributed by atoms with E-state index in [0.717, 1.165) is 29.8 Å². The topological polar surface area (TPSA) is 104 Å². The van der Waals surface area contributed by atoms with Crippen molar-refractivity contribution in [3.63, 3.8) is 0 Å². The largest absolute Gasteiger partial charge is 0.426 e. The van der Waals surface area contributed by atoms with E-state index in [1.165, 1.54) is 6.92 Å². The van der Waals surface area contributed by atoms with Gasteiger partial charge in [0.05, 0.1) is 9.82 Å². The smallest absolute Gasteiger partial charge is 0.329 e. The minimum absolute atomic E-state index is 0.177. The Bertz CT molecular complexity index is 919. The summed E-state index contributed by atoms with van der Waals surface area (Å²) in [6.45, 7) is 5.20. The van der Waals surface area contributed by atoms with Crippen LogP contribution >= 0.6 is 0 Å². The molecule has 0 N–H and O–H groups in total. The van der Waals surface area contributed by atoms with Crippen molar-refractivity contribution in [2.45, 2.75) is 36.8 Å². The van der Waals surface area contributed by atoms with Gasteiger partial charge < -0.3 is 4.74 Å². The van der Waals surface area contributed by atoms with Crippen molar-refractivity contribution in [2.75, 3.05) is 0 Å². The molecule has 0 unspecified atom stereocenters. The van der Waals surface area contributed by atoms with E-state index in [0.29, 0.717) is 0 Å². The van der Waals surface area contributed by atoms with E-state index >= 15 is 0 Å².